The zero-order valence-corrected chi connectivity index (χ0v) is 10.6. The maximum Gasteiger partial charge on any atom is 0.337 e. The van der Waals surface area contributed by atoms with Crippen LogP contribution in [0.25, 0.3) is 0 Å². The number of nitro groups is 1. The number of nitrogens with zero attached hydrogens (tertiary/aromatic N) is 1. The van der Waals surface area contributed by atoms with Gasteiger partial charge in [-0.05, 0) is 24.8 Å². The van der Waals surface area contributed by atoms with Crippen molar-refractivity contribution in [3.63, 3.8) is 0 Å². The molecule has 6 heteroatoms. The molecule has 1 aromatic rings. The summed E-state index contributed by atoms with van der Waals surface area (Å²) in [6, 6.07) is 3.98. The molecule has 1 fully saturated rings. The van der Waals surface area contributed by atoms with E-state index in [-0.39, 0.29) is 17.3 Å². The Morgan fingerprint density at radius 3 is 2.74 bits per heavy atom. The van der Waals surface area contributed by atoms with Gasteiger partial charge in [-0.15, -0.1) is 0 Å². The molecular weight excluding hydrogens is 248 g/mol. The van der Waals surface area contributed by atoms with Crippen molar-refractivity contribution in [2.45, 2.75) is 32.2 Å². The summed E-state index contributed by atoms with van der Waals surface area (Å²) in [5.41, 5.74) is 0.309. The van der Waals surface area contributed by atoms with E-state index >= 15 is 0 Å². The molecule has 0 aromatic heterocycles. The fraction of sp³-hybridized carbons (Fsp3) is 0.462. The van der Waals surface area contributed by atoms with Gasteiger partial charge in [0.25, 0.3) is 5.69 Å². The molecule has 0 heterocycles. The fourth-order valence-corrected chi connectivity index (χ4v) is 2.51. The zero-order chi connectivity index (χ0) is 14.0. The molecule has 0 spiro atoms. The Balaban J connectivity index is 2.32. The number of benzene rings is 1. The van der Waals surface area contributed by atoms with Crippen molar-refractivity contribution in [1.82, 2.24) is 0 Å². The number of rotatable bonds is 4. The van der Waals surface area contributed by atoms with Gasteiger partial charge in [-0.3, -0.25) is 10.1 Å². The number of anilines is 1. The van der Waals surface area contributed by atoms with Crippen molar-refractivity contribution in [3.05, 3.63) is 33.9 Å². The van der Waals surface area contributed by atoms with Crippen LogP contribution in [0.1, 0.15) is 36.5 Å². The molecule has 0 saturated heterocycles. The summed E-state index contributed by atoms with van der Waals surface area (Å²) in [4.78, 5) is 21.4. The van der Waals surface area contributed by atoms with Gasteiger partial charge in [0.2, 0.25) is 0 Å². The Morgan fingerprint density at radius 1 is 1.47 bits per heavy atom. The molecule has 2 atom stereocenters. The van der Waals surface area contributed by atoms with E-state index in [4.69, 9.17) is 5.11 Å². The minimum Gasteiger partial charge on any atom is -0.478 e. The minimum atomic E-state index is -1.08. The highest BCUT2D eigenvalue weighted by molar-refractivity contribution is 5.94. The molecule has 0 aliphatic heterocycles. The maximum atomic E-state index is 11.1. The number of hydrogen-bond acceptors (Lipinski definition) is 4. The lowest BCUT2D eigenvalue weighted by atomic mass is 10.0. The largest absolute Gasteiger partial charge is 0.478 e. The molecule has 0 amide bonds. The maximum absolute atomic E-state index is 11.1. The first kappa shape index (κ1) is 13.3. The van der Waals surface area contributed by atoms with Crippen molar-refractivity contribution in [2.24, 2.45) is 5.92 Å². The molecule has 6 nitrogen and oxygen atoms in total. The number of nitro benzene ring substituents is 1. The Morgan fingerprint density at radius 2 is 2.21 bits per heavy atom. The van der Waals surface area contributed by atoms with E-state index < -0.39 is 10.9 Å². The summed E-state index contributed by atoms with van der Waals surface area (Å²) in [6.45, 7) is 2.10. The van der Waals surface area contributed by atoms with Crippen LogP contribution in [-0.4, -0.2) is 22.0 Å². The van der Waals surface area contributed by atoms with E-state index in [2.05, 4.69) is 12.2 Å². The van der Waals surface area contributed by atoms with Crippen LogP contribution in [0.3, 0.4) is 0 Å². The Hall–Kier alpha value is -2.11. The summed E-state index contributed by atoms with van der Waals surface area (Å²) >= 11 is 0. The molecule has 19 heavy (non-hydrogen) atoms. The first-order valence-electron chi connectivity index (χ1n) is 6.27. The van der Waals surface area contributed by atoms with Gasteiger partial charge in [0, 0.05) is 18.2 Å². The third-order valence-electron chi connectivity index (χ3n) is 3.65. The van der Waals surface area contributed by atoms with Crippen molar-refractivity contribution in [1.29, 1.82) is 0 Å². The number of nitrogens with one attached hydrogen (secondary N) is 1. The number of carboxylic acids is 1. The van der Waals surface area contributed by atoms with Crippen LogP contribution in [0.2, 0.25) is 0 Å². The number of non-ortho nitro benzene ring substituents is 1. The molecule has 102 valence electrons. The van der Waals surface area contributed by atoms with Gasteiger partial charge >= 0.3 is 5.97 Å². The lowest BCUT2D eigenvalue weighted by Crippen LogP contribution is -2.23. The molecule has 0 radical (unpaired) electrons. The normalized spacial score (nSPS) is 22.2. The standard InChI is InChI=1S/C13H16N2O4/c1-8-3-2-4-11(8)14-12-7-9(15(18)19)5-6-10(12)13(16)17/h5-8,11,14H,2-4H2,1H3,(H,16,17). The van der Waals surface area contributed by atoms with Gasteiger partial charge in [0.15, 0.2) is 0 Å². The monoisotopic (exact) mass is 264 g/mol. The van der Waals surface area contributed by atoms with Crippen LogP contribution in [0.5, 0.6) is 0 Å². The second kappa shape index (κ2) is 5.26. The van der Waals surface area contributed by atoms with Gasteiger partial charge in [-0.25, -0.2) is 4.79 Å². The zero-order valence-electron chi connectivity index (χ0n) is 10.6. The average Bonchev–Trinajstić information content (AvgIpc) is 2.74. The van der Waals surface area contributed by atoms with E-state index in [1.165, 1.54) is 18.2 Å². The molecular formula is C13H16N2O4. The minimum absolute atomic E-state index is 0.0738. The highest BCUT2D eigenvalue weighted by atomic mass is 16.6. The number of carbonyl (C=O) groups is 1. The molecule has 2 unspecified atom stereocenters. The van der Waals surface area contributed by atoms with Crippen LogP contribution in [0.15, 0.2) is 18.2 Å². The number of carboxylic acid groups (broad SMARTS) is 1. The van der Waals surface area contributed by atoms with E-state index in [1.54, 1.807) is 0 Å². The highest BCUT2D eigenvalue weighted by Gasteiger charge is 2.25. The van der Waals surface area contributed by atoms with E-state index in [0.717, 1.165) is 19.3 Å². The molecule has 2 rings (SSSR count). The Kier molecular flexibility index (Phi) is 3.69. The van der Waals surface area contributed by atoms with Crippen LogP contribution in [-0.2, 0) is 0 Å². The van der Waals surface area contributed by atoms with Crippen LogP contribution >= 0.6 is 0 Å². The number of aromatic carboxylic acids is 1. The van der Waals surface area contributed by atoms with Crippen molar-refractivity contribution >= 4 is 17.3 Å². The predicted molar refractivity (Wildman–Crippen MR) is 70.5 cm³/mol. The van der Waals surface area contributed by atoms with Gasteiger partial charge in [-0.2, -0.15) is 0 Å². The quantitative estimate of drug-likeness (QED) is 0.644. The first-order valence-corrected chi connectivity index (χ1v) is 6.27. The van der Waals surface area contributed by atoms with Crippen molar-refractivity contribution in [3.8, 4) is 0 Å². The first-order chi connectivity index (χ1) is 8.99. The lowest BCUT2D eigenvalue weighted by Gasteiger charge is -2.19. The molecule has 1 saturated carbocycles. The molecule has 1 aromatic carbocycles. The summed E-state index contributed by atoms with van der Waals surface area (Å²) in [5, 5.41) is 23.0. The second-order valence-electron chi connectivity index (χ2n) is 4.95. The van der Waals surface area contributed by atoms with Gasteiger partial charge in [-0.1, -0.05) is 13.3 Å². The molecule has 2 N–H and O–H groups in total. The predicted octanol–water partition coefficient (Wildman–Crippen LogP) is 2.89. The van der Waals surface area contributed by atoms with Gasteiger partial charge in [0.1, 0.15) is 0 Å². The van der Waals surface area contributed by atoms with Gasteiger partial charge in [0.05, 0.1) is 16.2 Å². The average molecular weight is 264 g/mol. The van der Waals surface area contributed by atoms with Crippen LogP contribution < -0.4 is 5.32 Å². The smallest absolute Gasteiger partial charge is 0.337 e. The van der Waals surface area contributed by atoms with E-state index in [1.807, 2.05) is 0 Å². The fourth-order valence-electron chi connectivity index (χ4n) is 2.51. The Bertz CT molecular complexity index is 515. The van der Waals surface area contributed by atoms with Crippen LogP contribution in [0, 0.1) is 16.0 Å². The summed E-state index contributed by atoms with van der Waals surface area (Å²) in [6.07, 6.45) is 3.15. The third-order valence-corrected chi connectivity index (χ3v) is 3.65. The van der Waals surface area contributed by atoms with E-state index in [9.17, 15) is 14.9 Å². The SMILES string of the molecule is CC1CCCC1Nc1cc([N+](=O)[O-])ccc1C(=O)O. The highest BCUT2D eigenvalue weighted by Crippen LogP contribution is 2.30. The van der Waals surface area contributed by atoms with Gasteiger partial charge < -0.3 is 10.4 Å². The second-order valence-corrected chi connectivity index (χ2v) is 4.95. The Labute approximate surface area is 110 Å². The third kappa shape index (κ3) is 2.83. The molecule has 1 aliphatic carbocycles. The van der Waals surface area contributed by atoms with Crippen molar-refractivity contribution < 1.29 is 14.8 Å². The molecule has 0 bridgehead atoms. The number of hydrogen-bond donors (Lipinski definition) is 2. The lowest BCUT2D eigenvalue weighted by molar-refractivity contribution is -0.384. The topological polar surface area (TPSA) is 92.5 Å². The summed E-state index contributed by atoms with van der Waals surface area (Å²) < 4.78 is 0. The van der Waals surface area contributed by atoms with Crippen molar-refractivity contribution in [2.75, 3.05) is 5.32 Å². The van der Waals surface area contributed by atoms with Crippen LogP contribution in [0.4, 0.5) is 11.4 Å². The summed E-state index contributed by atoms with van der Waals surface area (Å²) in [7, 11) is 0. The molecule has 1 aliphatic rings. The summed E-state index contributed by atoms with van der Waals surface area (Å²) in [5.74, 6) is -0.635. The van der Waals surface area contributed by atoms with E-state index in [0.29, 0.717) is 11.6 Å².